The van der Waals surface area contributed by atoms with E-state index in [-0.39, 0.29) is 31.1 Å². The first kappa shape index (κ1) is 63.1. The quantitative estimate of drug-likeness (QED) is 0.0199. The van der Waals surface area contributed by atoms with Gasteiger partial charge in [-0.25, -0.2) is 0 Å². The molecule has 0 rings (SSSR count). The fraction of sp³-hybridized carbons (Fsp3) is 0.783. The van der Waals surface area contributed by atoms with E-state index in [4.69, 9.17) is 14.2 Å². The van der Waals surface area contributed by atoms with Gasteiger partial charge in [0.25, 0.3) is 0 Å². The Labute approximate surface area is 409 Å². The lowest BCUT2D eigenvalue weighted by molar-refractivity contribution is -0.167. The van der Waals surface area contributed by atoms with E-state index in [1.807, 2.05) is 0 Å². The minimum absolute atomic E-state index is 0.0915. The summed E-state index contributed by atoms with van der Waals surface area (Å²) >= 11 is 0. The maximum absolute atomic E-state index is 12.8. The predicted octanol–water partition coefficient (Wildman–Crippen LogP) is 18.8. The highest BCUT2D eigenvalue weighted by Crippen LogP contribution is 2.14. The van der Waals surface area contributed by atoms with Crippen molar-refractivity contribution in [1.82, 2.24) is 0 Å². The molecular weight excluding hydrogens is 817 g/mol. The first-order chi connectivity index (χ1) is 32.5. The summed E-state index contributed by atoms with van der Waals surface area (Å²) in [5.74, 6) is -0.925. The lowest BCUT2D eigenvalue weighted by Crippen LogP contribution is -2.30. The molecule has 66 heavy (non-hydrogen) atoms. The van der Waals surface area contributed by atoms with Gasteiger partial charge in [0.15, 0.2) is 6.10 Å². The van der Waals surface area contributed by atoms with Crippen molar-refractivity contribution in [3.8, 4) is 0 Å². The molecule has 0 heterocycles. The smallest absolute Gasteiger partial charge is 0.306 e. The van der Waals surface area contributed by atoms with Gasteiger partial charge in [0, 0.05) is 19.3 Å². The maximum atomic E-state index is 12.8. The molecule has 0 aliphatic heterocycles. The van der Waals surface area contributed by atoms with Crippen molar-refractivity contribution in [2.24, 2.45) is 0 Å². The number of allylic oxidation sites excluding steroid dienone is 10. The van der Waals surface area contributed by atoms with Crippen LogP contribution in [0.1, 0.15) is 284 Å². The Morgan fingerprint density at radius 3 is 0.894 bits per heavy atom. The third-order valence-electron chi connectivity index (χ3n) is 12.3. The zero-order valence-electron chi connectivity index (χ0n) is 43.7. The Hall–Kier alpha value is -2.89. The van der Waals surface area contributed by atoms with E-state index in [2.05, 4.69) is 81.5 Å². The standard InChI is InChI=1S/C60H106O6/c1-4-7-10-13-16-19-22-25-28-30-31-33-35-38-41-44-47-50-53-59(62)65-56-57(55-64-58(61)52-49-46-43-40-37-34-27-24-21-18-15-12-9-6-3)66-60(63)54-51-48-45-42-39-36-32-29-26-23-20-17-14-11-8-5-2/h22,25,28-34,37,57H,4-21,23-24,26-27,35-36,38-56H2,1-3H3/b25-22-,30-28-,32-29-,33-31-,37-34-. The lowest BCUT2D eigenvalue weighted by Gasteiger charge is -2.18. The number of hydrogen-bond donors (Lipinski definition) is 0. The van der Waals surface area contributed by atoms with Gasteiger partial charge in [0.05, 0.1) is 0 Å². The third-order valence-corrected chi connectivity index (χ3v) is 12.3. The summed E-state index contributed by atoms with van der Waals surface area (Å²) < 4.78 is 16.8. The molecule has 0 aromatic rings. The topological polar surface area (TPSA) is 78.9 Å². The molecule has 0 bridgehead atoms. The minimum atomic E-state index is -0.793. The van der Waals surface area contributed by atoms with Gasteiger partial charge in [-0.05, 0) is 96.3 Å². The van der Waals surface area contributed by atoms with E-state index in [0.717, 1.165) is 103 Å². The average molecular weight is 924 g/mol. The summed E-state index contributed by atoms with van der Waals surface area (Å²) in [5, 5.41) is 0. The Morgan fingerprint density at radius 1 is 0.303 bits per heavy atom. The third kappa shape index (κ3) is 52.1. The molecule has 0 aromatic carbocycles. The highest BCUT2D eigenvalue weighted by molar-refractivity contribution is 5.71. The van der Waals surface area contributed by atoms with Crippen LogP contribution in [-0.2, 0) is 28.6 Å². The zero-order valence-corrected chi connectivity index (χ0v) is 43.7. The number of esters is 3. The second kappa shape index (κ2) is 54.7. The number of carbonyl (C=O) groups excluding carboxylic acids is 3. The molecular formula is C60H106O6. The van der Waals surface area contributed by atoms with Crippen molar-refractivity contribution in [1.29, 1.82) is 0 Å². The molecule has 0 aromatic heterocycles. The molecule has 0 radical (unpaired) electrons. The Morgan fingerprint density at radius 2 is 0.561 bits per heavy atom. The summed E-state index contributed by atoms with van der Waals surface area (Å²) in [6, 6.07) is 0. The molecule has 6 heteroatoms. The van der Waals surface area contributed by atoms with Gasteiger partial charge < -0.3 is 14.2 Å². The van der Waals surface area contributed by atoms with E-state index in [1.54, 1.807) is 0 Å². The number of rotatable bonds is 51. The second-order valence-corrected chi connectivity index (χ2v) is 18.9. The van der Waals surface area contributed by atoms with Crippen LogP contribution in [0.3, 0.4) is 0 Å². The van der Waals surface area contributed by atoms with Crippen LogP contribution >= 0.6 is 0 Å². The normalized spacial score (nSPS) is 12.5. The summed E-state index contributed by atoms with van der Waals surface area (Å²) in [5.41, 5.74) is 0. The van der Waals surface area contributed by atoms with Gasteiger partial charge in [0.2, 0.25) is 0 Å². The van der Waals surface area contributed by atoms with Crippen LogP contribution in [0.25, 0.3) is 0 Å². The number of unbranched alkanes of at least 4 members (excludes halogenated alkanes) is 32. The molecule has 6 nitrogen and oxygen atoms in total. The Balaban J connectivity index is 4.44. The first-order valence-electron chi connectivity index (χ1n) is 28.3. The van der Waals surface area contributed by atoms with Crippen LogP contribution < -0.4 is 0 Å². The van der Waals surface area contributed by atoms with Crippen LogP contribution in [0.5, 0.6) is 0 Å². The van der Waals surface area contributed by atoms with Crippen molar-refractivity contribution in [2.45, 2.75) is 290 Å². The second-order valence-electron chi connectivity index (χ2n) is 18.9. The molecule has 0 N–H and O–H groups in total. The van der Waals surface area contributed by atoms with E-state index in [1.165, 1.54) is 141 Å². The lowest BCUT2D eigenvalue weighted by atomic mass is 10.1. The van der Waals surface area contributed by atoms with E-state index >= 15 is 0 Å². The van der Waals surface area contributed by atoms with E-state index in [9.17, 15) is 14.4 Å². The van der Waals surface area contributed by atoms with E-state index in [0.29, 0.717) is 19.3 Å². The summed E-state index contributed by atoms with van der Waals surface area (Å²) in [6.45, 7) is 6.60. The van der Waals surface area contributed by atoms with Gasteiger partial charge in [-0.3, -0.25) is 14.4 Å². The van der Waals surface area contributed by atoms with E-state index < -0.39 is 6.10 Å². The fourth-order valence-electron chi connectivity index (χ4n) is 7.96. The maximum Gasteiger partial charge on any atom is 0.306 e. The zero-order chi connectivity index (χ0) is 47.9. The van der Waals surface area contributed by atoms with Crippen molar-refractivity contribution in [3.05, 3.63) is 60.8 Å². The van der Waals surface area contributed by atoms with Gasteiger partial charge in [-0.15, -0.1) is 0 Å². The fourth-order valence-corrected chi connectivity index (χ4v) is 7.96. The molecule has 0 fully saturated rings. The molecule has 382 valence electrons. The number of carbonyl (C=O) groups is 3. The van der Waals surface area contributed by atoms with Gasteiger partial charge in [0.1, 0.15) is 13.2 Å². The number of hydrogen-bond acceptors (Lipinski definition) is 6. The SMILES string of the molecule is CCCCCCC\C=C/C=C\C=C/CCCCCCCC(=O)OCC(COC(=O)CCCCC/C=C\CCCCCCCCC)OC(=O)CCCCCCC/C=C\CCCCCCCCC. The van der Waals surface area contributed by atoms with Crippen molar-refractivity contribution in [3.63, 3.8) is 0 Å². The van der Waals surface area contributed by atoms with Crippen LogP contribution in [0.15, 0.2) is 60.8 Å². The largest absolute Gasteiger partial charge is 0.462 e. The minimum Gasteiger partial charge on any atom is -0.462 e. The summed E-state index contributed by atoms with van der Waals surface area (Å²) in [6.07, 6.45) is 67.7. The van der Waals surface area contributed by atoms with Crippen LogP contribution in [0, 0.1) is 0 Å². The molecule has 0 saturated heterocycles. The molecule has 0 amide bonds. The van der Waals surface area contributed by atoms with Crippen molar-refractivity contribution < 1.29 is 28.6 Å². The summed E-state index contributed by atoms with van der Waals surface area (Å²) in [7, 11) is 0. The van der Waals surface area contributed by atoms with Gasteiger partial charge >= 0.3 is 17.9 Å². The van der Waals surface area contributed by atoms with Crippen LogP contribution in [0.2, 0.25) is 0 Å². The molecule has 0 aliphatic carbocycles. The molecule has 0 spiro atoms. The van der Waals surface area contributed by atoms with Crippen LogP contribution in [0.4, 0.5) is 0 Å². The Bertz CT molecular complexity index is 1200. The van der Waals surface area contributed by atoms with Gasteiger partial charge in [-0.1, -0.05) is 229 Å². The monoisotopic (exact) mass is 923 g/mol. The van der Waals surface area contributed by atoms with Crippen molar-refractivity contribution in [2.75, 3.05) is 13.2 Å². The highest BCUT2D eigenvalue weighted by Gasteiger charge is 2.19. The van der Waals surface area contributed by atoms with Crippen molar-refractivity contribution >= 4 is 17.9 Å². The Kier molecular flexibility index (Phi) is 52.3. The molecule has 0 saturated carbocycles. The molecule has 0 aliphatic rings. The highest BCUT2D eigenvalue weighted by atomic mass is 16.6. The van der Waals surface area contributed by atoms with Crippen LogP contribution in [-0.4, -0.2) is 37.2 Å². The number of ether oxygens (including phenoxy) is 3. The predicted molar refractivity (Wildman–Crippen MR) is 284 cm³/mol. The van der Waals surface area contributed by atoms with Gasteiger partial charge in [-0.2, -0.15) is 0 Å². The summed E-state index contributed by atoms with van der Waals surface area (Å²) in [4.78, 5) is 38.1. The average Bonchev–Trinajstić information content (AvgIpc) is 3.31. The first-order valence-corrected chi connectivity index (χ1v) is 28.3. The molecule has 1 unspecified atom stereocenters. The molecule has 1 atom stereocenters.